The van der Waals surface area contributed by atoms with Crippen LogP contribution in [0.2, 0.25) is 0 Å². The van der Waals surface area contributed by atoms with Gasteiger partial charge in [-0.2, -0.15) is 0 Å². The Bertz CT molecular complexity index is 289. The van der Waals surface area contributed by atoms with E-state index in [2.05, 4.69) is 38.3 Å². The minimum absolute atomic E-state index is 0.352. The van der Waals surface area contributed by atoms with Crippen LogP contribution in [-0.2, 0) is 4.74 Å². The van der Waals surface area contributed by atoms with Gasteiger partial charge in [-0.05, 0) is 65.1 Å². The van der Waals surface area contributed by atoms with Gasteiger partial charge in [0.05, 0.1) is 0 Å². The molecule has 3 heteroatoms. The molecule has 0 aromatic carbocycles. The molecule has 0 spiro atoms. The Morgan fingerprint density at radius 2 is 1.95 bits per heavy atom. The number of hydrogen-bond donors (Lipinski definition) is 1. The molecule has 20 heavy (non-hydrogen) atoms. The lowest BCUT2D eigenvalue weighted by atomic mass is 9.69. The highest BCUT2D eigenvalue weighted by atomic mass is 16.5. The summed E-state index contributed by atoms with van der Waals surface area (Å²) in [6, 6.07) is 0.614. The molecule has 0 aromatic rings. The average molecular weight is 282 g/mol. The van der Waals surface area contributed by atoms with E-state index in [9.17, 15) is 0 Å². The van der Waals surface area contributed by atoms with Gasteiger partial charge in [-0.1, -0.05) is 19.8 Å². The van der Waals surface area contributed by atoms with Gasteiger partial charge in [0.1, 0.15) is 0 Å². The van der Waals surface area contributed by atoms with Crippen molar-refractivity contribution in [2.45, 2.75) is 63.5 Å². The summed E-state index contributed by atoms with van der Waals surface area (Å²) >= 11 is 0. The van der Waals surface area contributed by atoms with Crippen LogP contribution in [0.25, 0.3) is 0 Å². The second kappa shape index (κ2) is 7.24. The van der Waals surface area contributed by atoms with E-state index < -0.39 is 0 Å². The number of nitrogens with zero attached hydrogens (tertiary/aromatic N) is 1. The van der Waals surface area contributed by atoms with E-state index in [4.69, 9.17) is 4.74 Å². The molecule has 2 rings (SSSR count). The van der Waals surface area contributed by atoms with Crippen molar-refractivity contribution in [1.29, 1.82) is 0 Å². The fraction of sp³-hybridized carbons (Fsp3) is 1.00. The molecule has 0 aromatic heterocycles. The minimum atomic E-state index is 0.352. The van der Waals surface area contributed by atoms with E-state index in [0.29, 0.717) is 11.6 Å². The number of ether oxygens (including phenoxy) is 1. The zero-order valence-electron chi connectivity index (χ0n) is 14.0. The van der Waals surface area contributed by atoms with E-state index in [1.165, 1.54) is 44.9 Å². The van der Waals surface area contributed by atoms with Crippen LogP contribution in [-0.4, -0.2) is 50.8 Å². The maximum absolute atomic E-state index is 5.52. The minimum Gasteiger partial charge on any atom is -0.381 e. The molecule has 1 aliphatic heterocycles. The molecular formula is C17H34N2O. The smallest absolute Gasteiger partial charge is 0.0468 e. The fourth-order valence-corrected chi connectivity index (χ4v) is 4.52. The molecule has 118 valence electrons. The first-order valence-electron chi connectivity index (χ1n) is 8.51. The van der Waals surface area contributed by atoms with Gasteiger partial charge in [-0.25, -0.2) is 0 Å². The lowest BCUT2D eigenvalue weighted by Gasteiger charge is -2.51. The molecule has 0 amide bonds. The summed E-state index contributed by atoms with van der Waals surface area (Å²) in [6.07, 6.45) is 9.28. The van der Waals surface area contributed by atoms with E-state index >= 15 is 0 Å². The fourth-order valence-electron chi connectivity index (χ4n) is 4.52. The van der Waals surface area contributed by atoms with Crippen LogP contribution in [0.5, 0.6) is 0 Å². The summed E-state index contributed by atoms with van der Waals surface area (Å²) in [5.74, 6) is 1.70. The molecule has 3 atom stereocenters. The molecule has 1 saturated carbocycles. The molecule has 1 N–H and O–H groups in total. The maximum atomic E-state index is 5.52. The van der Waals surface area contributed by atoms with Gasteiger partial charge in [-0.3, -0.25) is 0 Å². The van der Waals surface area contributed by atoms with Crippen LogP contribution in [0.1, 0.15) is 51.9 Å². The van der Waals surface area contributed by atoms with Gasteiger partial charge in [0.25, 0.3) is 0 Å². The predicted molar refractivity (Wildman–Crippen MR) is 85.1 cm³/mol. The van der Waals surface area contributed by atoms with Crippen LogP contribution in [0.15, 0.2) is 0 Å². The van der Waals surface area contributed by atoms with E-state index in [1.54, 1.807) is 0 Å². The number of rotatable bonds is 5. The van der Waals surface area contributed by atoms with Crippen LogP contribution in [0.4, 0.5) is 0 Å². The van der Waals surface area contributed by atoms with Crippen molar-refractivity contribution in [1.82, 2.24) is 10.2 Å². The summed E-state index contributed by atoms with van der Waals surface area (Å²) in [6.45, 7) is 4.36. The normalized spacial score (nSPS) is 34.4. The van der Waals surface area contributed by atoms with Crippen molar-refractivity contribution in [2.24, 2.45) is 11.8 Å². The third-order valence-corrected chi connectivity index (χ3v) is 5.81. The maximum Gasteiger partial charge on any atom is 0.0468 e. The number of likely N-dealkylation sites (N-methyl/N-ethyl adjacent to an activating group) is 2. The third-order valence-electron chi connectivity index (χ3n) is 5.81. The van der Waals surface area contributed by atoms with Crippen LogP contribution >= 0.6 is 0 Å². The topological polar surface area (TPSA) is 24.5 Å². The standard InChI is InChI=1S/C17H34N2O/c1-14-6-5-9-17(13-14,19(3)4)16(18-2)12-15-7-10-20-11-8-15/h14-16,18H,5-13H2,1-4H3. The Balaban J connectivity index is 2.07. The Morgan fingerprint density at radius 3 is 2.50 bits per heavy atom. The van der Waals surface area contributed by atoms with Gasteiger partial charge < -0.3 is 15.0 Å². The molecule has 1 heterocycles. The summed E-state index contributed by atoms with van der Waals surface area (Å²) in [5, 5.41) is 3.68. The Morgan fingerprint density at radius 1 is 1.25 bits per heavy atom. The second-order valence-electron chi connectivity index (χ2n) is 7.33. The van der Waals surface area contributed by atoms with E-state index in [1.807, 2.05) is 0 Å². The SMILES string of the molecule is CNC(CC1CCOCC1)C1(N(C)C)CCCC(C)C1. The molecule has 0 bridgehead atoms. The predicted octanol–water partition coefficient (Wildman–Crippen LogP) is 2.90. The van der Waals surface area contributed by atoms with Crippen molar-refractivity contribution < 1.29 is 4.74 Å². The Hall–Kier alpha value is -0.120. The van der Waals surface area contributed by atoms with Crippen molar-refractivity contribution in [3.05, 3.63) is 0 Å². The van der Waals surface area contributed by atoms with Crippen molar-refractivity contribution in [3.63, 3.8) is 0 Å². The van der Waals surface area contributed by atoms with Gasteiger partial charge in [-0.15, -0.1) is 0 Å². The quantitative estimate of drug-likeness (QED) is 0.839. The van der Waals surface area contributed by atoms with Crippen LogP contribution in [0.3, 0.4) is 0 Å². The number of nitrogens with one attached hydrogen (secondary N) is 1. The van der Waals surface area contributed by atoms with Gasteiger partial charge in [0.15, 0.2) is 0 Å². The van der Waals surface area contributed by atoms with E-state index in [-0.39, 0.29) is 0 Å². The second-order valence-corrected chi connectivity index (χ2v) is 7.33. The Labute approximate surface area is 125 Å². The lowest BCUT2D eigenvalue weighted by Crippen LogP contribution is -2.60. The lowest BCUT2D eigenvalue weighted by molar-refractivity contribution is 0.0142. The first-order valence-corrected chi connectivity index (χ1v) is 8.51. The molecule has 2 fully saturated rings. The highest BCUT2D eigenvalue weighted by Crippen LogP contribution is 2.40. The summed E-state index contributed by atoms with van der Waals surface area (Å²) in [7, 11) is 6.73. The first-order chi connectivity index (χ1) is 9.58. The molecule has 3 unspecified atom stereocenters. The van der Waals surface area contributed by atoms with Crippen molar-refractivity contribution in [2.75, 3.05) is 34.4 Å². The molecule has 1 aliphatic carbocycles. The van der Waals surface area contributed by atoms with Crippen LogP contribution in [0, 0.1) is 11.8 Å². The molecule has 3 nitrogen and oxygen atoms in total. The highest BCUT2D eigenvalue weighted by molar-refractivity contribution is 5.02. The largest absolute Gasteiger partial charge is 0.381 e. The van der Waals surface area contributed by atoms with Crippen LogP contribution < -0.4 is 5.32 Å². The van der Waals surface area contributed by atoms with Crippen molar-refractivity contribution in [3.8, 4) is 0 Å². The zero-order chi connectivity index (χ0) is 14.6. The summed E-state index contributed by atoms with van der Waals surface area (Å²) in [4.78, 5) is 2.52. The molecular weight excluding hydrogens is 248 g/mol. The molecule has 0 radical (unpaired) electrons. The highest BCUT2D eigenvalue weighted by Gasteiger charge is 2.43. The summed E-state index contributed by atoms with van der Waals surface area (Å²) in [5.41, 5.74) is 0.352. The van der Waals surface area contributed by atoms with E-state index in [0.717, 1.165) is 25.0 Å². The Kier molecular flexibility index (Phi) is 5.88. The number of hydrogen-bond acceptors (Lipinski definition) is 3. The first kappa shape index (κ1) is 16.3. The molecule has 1 saturated heterocycles. The van der Waals surface area contributed by atoms with Gasteiger partial charge in [0, 0.05) is 24.8 Å². The monoisotopic (exact) mass is 282 g/mol. The molecule has 2 aliphatic rings. The average Bonchev–Trinajstić information content (AvgIpc) is 2.45. The zero-order valence-corrected chi connectivity index (χ0v) is 14.0. The van der Waals surface area contributed by atoms with Crippen molar-refractivity contribution >= 4 is 0 Å². The van der Waals surface area contributed by atoms with Gasteiger partial charge in [0.2, 0.25) is 0 Å². The summed E-state index contributed by atoms with van der Waals surface area (Å²) < 4.78 is 5.52. The third kappa shape index (κ3) is 3.55. The van der Waals surface area contributed by atoms with Gasteiger partial charge >= 0.3 is 0 Å².